The quantitative estimate of drug-likeness (QED) is 0.307. The van der Waals surface area contributed by atoms with Crippen LogP contribution in [0, 0.1) is 12.7 Å². The molecule has 1 aliphatic heterocycles. The van der Waals surface area contributed by atoms with Crippen LogP contribution < -0.4 is 10.1 Å². The molecule has 4 heterocycles. The van der Waals surface area contributed by atoms with Crippen molar-refractivity contribution in [2.75, 3.05) is 27.5 Å². The zero-order chi connectivity index (χ0) is 19.4. The summed E-state index contributed by atoms with van der Waals surface area (Å²) in [6, 6.07) is 3.46. The molecule has 0 unspecified atom stereocenters. The first-order valence-electron chi connectivity index (χ1n) is 8.13. The molecule has 27 heavy (non-hydrogen) atoms. The third kappa shape index (κ3) is 4.52. The van der Waals surface area contributed by atoms with Crippen molar-refractivity contribution < 1.29 is 13.9 Å². The molecule has 0 aliphatic carbocycles. The van der Waals surface area contributed by atoms with E-state index in [1.165, 1.54) is 7.11 Å². The van der Waals surface area contributed by atoms with Crippen LogP contribution in [0.15, 0.2) is 24.5 Å². The number of ether oxygens (including phenoxy) is 1. The summed E-state index contributed by atoms with van der Waals surface area (Å²) in [7, 11) is 3.64. The number of carbonyl (C=O) groups is 1. The zero-order valence-electron chi connectivity index (χ0n) is 15.2. The van der Waals surface area contributed by atoms with Crippen molar-refractivity contribution in [3.8, 4) is 17.0 Å². The number of carbonyl (C=O) groups excluding carboxylic acids is 1. The van der Waals surface area contributed by atoms with E-state index in [1.807, 2.05) is 0 Å². The van der Waals surface area contributed by atoms with E-state index >= 15 is 0 Å². The van der Waals surface area contributed by atoms with Gasteiger partial charge in [0.2, 0.25) is 12.3 Å². The molecule has 3 aromatic rings. The Labute approximate surface area is 166 Å². The molecule has 1 amide bonds. The normalized spacial score (nSPS) is 13.7. The fourth-order valence-corrected chi connectivity index (χ4v) is 9.42. The maximum absolute atomic E-state index is 13.9. The molecule has 0 atom stereocenters. The Kier molecular flexibility index (Phi) is 6.53. The second kappa shape index (κ2) is 8.87. The number of nitrogens with one attached hydrogen (secondary N) is 2. The fraction of sp³-hybridized carbons (Fsp3) is 0.278. The molecule has 1 saturated heterocycles. The molecule has 3 aromatic heterocycles. The van der Waals surface area contributed by atoms with E-state index in [-0.39, 0.29) is 18.4 Å². The predicted octanol–water partition coefficient (Wildman–Crippen LogP) is 4.43. The third-order valence-corrected chi connectivity index (χ3v) is 12.2. The van der Waals surface area contributed by atoms with Crippen molar-refractivity contribution in [3.63, 3.8) is 0 Å². The molecule has 0 spiro atoms. The van der Waals surface area contributed by atoms with Gasteiger partial charge in [-0.3, -0.25) is 4.79 Å². The summed E-state index contributed by atoms with van der Waals surface area (Å²) < 4.78 is 22.4. The number of amides is 1. The van der Waals surface area contributed by atoms with Crippen LogP contribution in [0.1, 0.15) is 5.56 Å². The van der Waals surface area contributed by atoms with Crippen LogP contribution >= 0.6 is 27.4 Å². The van der Waals surface area contributed by atoms with Crippen molar-refractivity contribution in [2.45, 2.75) is 6.92 Å². The van der Waals surface area contributed by atoms with Gasteiger partial charge < -0.3 is 15.0 Å². The number of aromatic nitrogens is 3. The van der Waals surface area contributed by atoms with Crippen molar-refractivity contribution >= 4 is 50.6 Å². The van der Waals surface area contributed by atoms with Crippen LogP contribution in [0.25, 0.3) is 22.2 Å². The number of halogens is 2. The van der Waals surface area contributed by atoms with Gasteiger partial charge in [-0.1, -0.05) is 0 Å². The summed E-state index contributed by atoms with van der Waals surface area (Å²) in [6.07, 6.45) is 5.66. The van der Waals surface area contributed by atoms with Crippen LogP contribution in [0.3, 0.4) is 0 Å². The predicted molar refractivity (Wildman–Crippen MR) is 118 cm³/mol. The van der Waals surface area contributed by atoms with E-state index in [9.17, 15) is 9.18 Å². The van der Waals surface area contributed by atoms with E-state index < -0.39 is 5.82 Å². The van der Waals surface area contributed by atoms with E-state index in [2.05, 4.69) is 35.5 Å². The van der Waals surface area contributed by atoms with Gasteiger partial charge in [-0.15, -0.1) is 0 Å². The molecule has 4 rings (SSSR count). The monoisotopic (exact) mass is 502 g/mol. The van der Waals surface area contributed by atoms with Gasteiger partial charge in [-0.05, 0) is 24.6 Å². The van der Waals surface area contributed by atoms with E-state index in [0.717, 1.165) is 17.1 Å². The van der Waals surface area contributed by atoms with Crippen molar-refractivity contribution in [1.82, 2.24) is 15.0 Å². The summed E-state index contributed by atoms with van der Waals surface area (Å²) in [5.74, 6) is 0.365. The topological polar surface area (TPSA) is 79.9 Å². The molecule has 1 aliphatic rings. The summed E-state index contributed by atoms with van der Waals surface area (Å²) in [5.41, 5.74) is 2.34. The van der Waals surface area contributed by atoms with Crippen LogP contribution in [-0.4, -0.2) is 43.6 Å². The molecule has 2 N–H and O–H groups in total. The van der Waals surface area contributed by atoms with Gasteiger partial charge >= 0.3 is 42.5 Å². The first kappa shape index (κ1) is 19.9. The van der Waals surface area contributed by atoms with E-state index in [1.54, 1.807) is 34.1 Å². The van der Waals surface area contributed by atoms with E-state index in [0.29, 0.717) is 34.9 Å². The number of pyridine rings is 2. The number of hydrogen-bond acceptors (Lipinski definition) is 5. The Morgan fingerprint density at radius 1 is 1.41 bits per heavy atom. The number of H-pyrrole nitrogens is 1. The van der Waals surface area contributed by atoms with Gasteiger partial charge in [0.25, 0.3) is 0 Å². The van der Waals surface area contributed by atoms with Crippen LogP contribution in [0.2, 0.25) is 0 Å². The van der Waals surface area contributed by atoms with Gasteiger partial charge in [0.1, 0.15) is 17.3 Å². The minimum absolute atomic E-state index is 0.115. The molecule has 0 saturated carbocycles. The van der Waals surface area contributed by atoms with Gasteiger partial charge in [0.15, 0.2) is 0 Å². The number of hydrogen-bond donors (Lipinski definition) is 2. The number of anilines is 1. The number of fused-ring (bicyclic) bond motifs is 1. The molecule has 9 heteroatoms. The molecule has 144 valence electrons. The number of methoxy groups -OCH3 is 1. The summed E-state index contributed by atoms with van der Waals surface area (Å²) in [6.45, 7) is 1.67. The third-order valence-electron chi connectivity index (χ3n) is 4.01. The summed E-state index contributed by atoms with van der Waals surface area (Å²) >= 11 is -0.115. The van der Waals surface area contributed by atoms with Crippen molar-refractivity contribution in [2.24, 2.45) is 0 Å². The van der Waals surface area contributed by atoms with E-state index in [4.69, 9.17) is 4.74 Å². The number of rotatable bonds is 5. The van der Waals surface area contributed by atoms with Gasteiger partial charge in [0.05, 0.1) is 18.9 Å². The van der Waals surface area contributed by atoms with Crippen molar-refractivity contribution in [1.29, 1.82) is 0 Å². The molecular weight excluding hydrogens is 482 g/mol. The Morgan fingerprint density at radius 3 is 2.78 bits per heavy atom. The molecule has 0 aromatic carbocycles. The number of nitrogens with zero attached hydrogens (tertiary/aromatic N) is 2. The van der Waals surface area contributed by atoms with Crippen LogP contribution in [0.4, 0.5) is 10.2 Å². The first-order chi connectivity index (χ1) is 13.1. The van der Waals surface area contributed by atoms with Crippen LogP contribution in [-0.2, 0) is 4.79 Å². The van der Waals surface area contributed by atoms with Crippen molar-refractivity contribution in [3.05, 3.63) is 35.9 Å². The zero-order valence-corrected chi connectivity index (χ0v) is 18.2. The standard InChI is InChI=1S/C15H13FN4O2.C3H7IS/c1-8-11(16)6-18-15(22-2)13(8)10-5-17-14-9(10)3-4-12(20-14)19-7-21;1-5-4-2-3-4/h3-7H,1-2H3,(H2,17,19,20,21);2-3H2,1H3. The number of aromatic amines is 1. The minimum atomic E-state index is -0.405. The average molecular weight is 502 g/mol. The van der Waals surface area contributed by atoms with Gasteiger partial charge in [0, 0.05) is 17.1 Å². The SMILES string of the molecule is COc1ncc(F)c(C)c1-c1c[nH]c2nc(NC=O)ccc12.CSI1CC1. The Balaban J connectivity index is 0.000000364. The van der Waals surface area contributed by atoms with Crippen LogP contribution in [0.5, 0.6) is 5.88 Å². The van der Waals surface area contributed by atoms with Gasteiger partial charge in [-0.25, -0.2) is 14.4 Å². The summed E-state index contributed by atoms with van der Waals surface area (Å²) in [5, 5.41) is 3.27. The second-order valence-corrected chi connectivity index (χ2v) is 16.0. The fourth-order valence-electron chi connectivity index (χ4n) is 2.56. The Bertz CT molecular complexity index is 962. The molecule has 1 fully saturated rings. The Morgan fingerprint density at radius 2 is 2.19 bits per heavy atom. The Hall–Kier alpha value is -1.88. The molecule has 6 nitrogen and oxygen atoms in total. The average Bonchev–Trinajstić information content (AvgIpc) is 3.44. The molecule has 0 bridgehead atoms. The second-order valence-electron chi connectivity index (χ2n) is 5.61. The number of alkyl halides is 2. The maximum atomic E-state index is 13.9. The summed E-state index contributed by atoms with van der Waals surface area (Å²) in [4.78, 5) is 21.7. The molecular formula is C18H20FIN4O2S. The van der Waals surface area contributed by atoms with Gasteiger partial charge in [-0.2, -0.15) is 0 Å². The molecule has 0 radical (unpaired) electrons. The first-order valence-corrected chi connectivity index (χ1v) is 14.9.